The second-order valence-corrected chi connectivity index (χ2v) is 1.92. The molecule has 0 aromatic rings. The lowest BCUT2D eigenvalue weighted by molar-refractivity contribution is 0.211. The average molecular weight is 201 g/mol. The van der Waals surface area contributed by atoms with Gasteiger partial charge in [-0.25, -0.2) is 0 Å². The number of hydrogen-bond donors (Lipinski definition) is 2. The van der Waals surface area contributed by atoms with E-state index in [-0.39, 0.29) is 6.10 Å². The predicted molar refractivity (Wildman–Crippen MR) is 33.9 cm³/mol. The standard InChI is InChI=1S/C3H8INO/c4-1-3(6)2-5/h3,6H,1-2,5H2. The Morgan fingerprint density at radius 2 is 2.33 bits per heavy atom. The number of nitrogens with two attached hydrogens (primary N) is 1. The summed E-state index contributed by atoms with van der Waals surface area (Å²) in [5.41, 5.74) is 5.03. The summed E-state index contributed by atoms with van der Waals surface area (Å²) in [5, 5.41) is 8.53. The van der Waals surface area contributed by atoms with Gasteiger partial charge in [-0.2, -0.15) is 0 Å². The smallest absolute Gasteiger partial charge is 0.0751 e. The highest BCUT2D eigenvalue weighted by atomic mass is 127. The highest BCUT2D eigenvalue weighted by Gasteiger charge is 1.92. The van der Waals surface area contributed by atoms with Crippen molar-refractivity contribution in [3.8, 4) is 0 Å². The summed E-state index contributed by atoms with van der Waals surface area (Å²) >= 11 is 2.08. The van der Waals surface area contributed by atoms with E-state index in [1.165, 1.54) is 0 Å². The number of alkyl halides is 1. The van der Waals surface area contributed by atoms with Gasteiger partial charge in [-0.15, -0.1) is 0 Å². The largest absolute Gasteiger partial charge is 0.391 e. The Labute approximate surface area is 50.9 Å². The molecule has 0 aromatic carbocycles. The van der Waals surface area contributed by atoms with Crippen LogP contribution in [0.5, 0.6) is 0 Å². The summed E-state index contributed by atoms with van der Waals surface area (Å²) in [4.78, 5) is 0. The van der Waals surface area contributed by atoms with Crippen LogP contribution in [0, 0.1) is 0 Å². The van der Waals surface area contributed by atoms with Crippen molar-refractivity contribution in [3.63, 3.8) is 0 Å². The summed E-state index contributed by atoms with van der Waals surface area (Å²) in [6.45, 7) is 0.378. The summed E-state index contributed by atoms with van der Waals surface area (Å²) in [5.74, 6) is 0. The van der Waals surface area contributed by atoms with Gasteiger partial charge in [-0.3, -0.25) is 0 Å². The number of aliphatic hydroxyl groups excluding tert-OH is 1. The average Bonchev–Trinajstić information content (AvgIpc) is 1.65. The molecule has 38 valence electrons. The van der Waals surface area contributed by atoms with Crippen molar-refractivity contribution in [2.45, 2.75) is 6.10 Å². The SMILES string of the molecule is NCC(O)CI. The monoisotopic (exact) mass is 201 g/mol. The van der Waals surface area contributed by atoms with Crippen molar-refractivity contribution in [2.24, 2.45) is 5.73 Å². The van der Waals surface area contributed by atoms with Crippen LogP contribution in [0.1, 0.15) is 0 Å². The number of rotatable bonds is 2. The minimum Gasteiger partial charge on any atom is -0.391 e. The molecule has 0 saturated carbocycles. The highest BCUT2D eigenvalue weighted by Crippen LogP contribution is 1.85. The molecule has 2 nitrogen and oxygen atoms in total. The van der Waals surface area contributed by atoms with E-state index in [2.05, 4.69) is 22.6 Å². The van der Waals surface area contributed by atoms with Gasteiger partial charge in [-0.05, 0) is 0 Å². The van der Waals surface area contributed by atoms with Crippen LogP contribution in [-0.4, -0.2) is 22.2 Å². The first-order chi connectivity index (χ1) is 2.81. The summed E-state index contributed by atoms with van der Waals surface area (Å²) in [6.07, 6.45) is -0.300. The van der Waals surface area contributed by atoms with Gasteiger partial charge in [-0.1, -0.05) is 22.6 Å². The van der Waals surface area contributed by atoms with E-state index in [0.29, 0.717) is 6.54 Å². The molecule has 0 radical (unpaired) electrons. The molecule has 0 spiro atoms. The maximum absolute atomic E-state index is 8.53. The van der Waals surface area contributed by atoms with E-state index < -0.39 is 0 Å². The van der Waals surface area contributed by atoms with Gasteiger partial charge in [0.2, 0.25) is 0 Å². The highest BCUT2D eigenvalue weighted by molar-refractivity contribution is 14.1. The van der Waals surface area contributed by atoms with Crippen molar-refractivity contribution in [2.75, 3.05) is 11.0 Å². The number of aliphatic hydroxyl groups is 1. The van der Waals surface area contributed by atoms with Crippen LogP contribution in [-0.2, 0) is 0 Å². The quantitative estimate of drug-likeness (QED) is 0.477. The molecule has 0 bridgehead atoms. The second kappa shape index (κ2) is 3.83. The molecule has 3 heteroatoms. The molecule has 6 heavy (non-hydrogen) atoms. The van der Waals surface area contributed by atoms with Crippen LogP contribution in [0.2, 0.25) is 0 Å². The lowest BCUT2D eigenvalue weighted by Gasteiger charge is -1.97. The van der Waals surface area contributed by atoms with E-state index in [1.54, 1.807) is 0 Å². The van der Waals surface area contributed by atoms with Crippen LogP contribution in [0.15, 0.2) is 0 Å². The fraction of sp³-hybridized carbons (Fsp3) is 1.00. The molecule has 0 amide bonds. The van der Waals surface area contributed by atoms with Crippen LogP contribution in [0.25, 0.3) is 0 Å². The molecule has 0 rings (SSSR count). The third kappa shape index (κ3) is 2.87. The van der Waals surface area contributed by atoms with Crippen molar-refractivity contribution in [3.05, 3.63) is 0 Å². The van der Waals surface area contributed by atoms with Gasteiger partial charge < -0.3 is 10.8 Å². The Morgan fingerprint density at radius 1 is 1.83 bits per heavy atom. The van der Waals surface area contributed by atoms with Crippen LogP contribution in [0.3, 0.4) is 0 Å². The van der Waals surface area contributed by atoms with Gasteiger partial charge >= 0.3 is 0 Å². The summed E-state index contributed by atoms with van der Waals surface area (Å²) < 4.78 is 0.730. The Bertz CT molecular complexity index is 30.0. The molecule has 1 atom stereocenters. The maximum atomic E-state index is 8.53. The zero-order valence-electron chi connectivity index (χ0n) is 3.39. The van der Waals surface area contributed by atoms with E-state index >= 15 is 0 Å². The molecule has 0 fully saturated rings. The lowest BCUT2D eigenvalue weighted by Crippen LogP contribution is -2.20. The van der Waals surface area contributed by atoms with Gasteiger partial charge in [0.15, 0.2) is 0 Å². The first kappa shape index (κ1) is 6.65. The molecule has 0 heterocycles. The number of halogens is 1. The van der Waals surface area contributed by atoms with E-state index in [9.17, 15) is 0 Å². The third-order valence-electron chi connectivity index (χ3n) is 0.450. The second-order valence-electron chi connectivity index (χ2n) is 1.04. The minimum absolute atomic E-state index is 0.300. The molecular weight excluding hydrogens is 193 g/mol. The first-order valence-electron chi connectivity index (χ1n) is 1.75. The summed E-state index contributed by atoms with van der Waals surface area (Å²) in [6, 6.07) is 0. The Balaban J connectivity index is 2.75. The topological polar surface area (TPSA) is 46.2 Å². The molecule has 0 saturated heterocycles. The fourth-order valence-corrected chi connectivity index (χ4v) is 0.423. The number of hydrogen-bond acceptors (Lipinski definition) is 2. The van der Waals surface area contributed by atoms with E-state index in [1.807, 2.05) is 0 Å². The van der Waals surface area contributed by atoms with Gasteiger partial charge in [0.05, 0.1) is 6.10 Å². The van der Waals surface area contributed by atoms with Gasteiger partial charge in [0.25, 0.3) is 0 Å². The maximum Gasteiger partial charge on any atom is 0.0751 e. The van der Waals surface area contributed by atoms with Crippen LogP contribution in [0.4, 0.5) is 0 Å². The first-order valence-corrected chi connectivity index (χ1v) is 3.28. The zero-order valence-corrected chi connectivity index (χ0v) is 5.55. The molecule has 0 aromatic heterocycles. The normalized spacial score (nSPS) is 14.5. The molecular formula is C3H8INO. The Hall–Kier alpha value is 0.650. The predicted octanol–water partition coefficient (Wildman–Crippen LogP) is -0.259. The Kier molecular flexibility index (Phi) is 4.24. The lowest BCUT2D eigenvalue weighted by atomic mass is 10.4. The van der Waals surface area contributed by atoms with Crippen molar-refractivity contribution in [1.82, 2.24) is 0 Å². The van der Waals surface area contributed by atoms with Crippen molar-refractivity contribution in [1.29, 1.82) is 0 Å². The molecule has 0 aliphatic carbocycles. The van der Waals surface area contributed by atoms with E-state index in [4.69, 9.17) is 10.8 Å². The van der Waals surface area contributed by atoms with Crippen LogP contribution < -0.4 is 5.73 Å². The molecule has 0 aliphatic heterocycles. The minimum atomic E-state index is -0.300. The fourth-order valence-electron chi connectivity index (χ4n) is 0.0630. The van der Waals surface area contributed by atoms with Crippen molar-refractivity contribution < 1.29 is 5.11 Å². The third-order valence-corrected chi connectivity index (χ3v) is 1.47. The molecule has 3 N–H and O–H groups in total. The van der Waals surface area contributed by atoms with Gasteiger partial charge in [0.1, 0.15) is 0 Å². The Morgan fingerprint density at radius 3 is 2.33 bits per heavy atom. The van der Waals surface area contributed by atoms with Crippen LogP contribution >= 0.6 is 22.6 Å². The molecule has 1 unspecified atom stereocenters. The zero-order chi connectivity index (χ0) is 4.99. The molecule has 0 aliphatic rings. The van der Waals surface area contributed by atoms with E-state index in [0.717, 1.165) is 4.43 Å². The van der Waals surface area contributed by atoms with Gasteiger partial charge in [0, 0.05) is 11.0 Å². The summed E-state index contributed by atoms with van der Waals surface area (Å²) in [7, 11) is 0. The van der Waals surface area contributed by atoms with Crippen molar-refractivity contribution >= 4 is 22.6 Å².